The van der Waals surface area contributed by atoms with Gasteiger partial charge in [-0.05, 0) is 37.2 Å². The molecule has 94 valence electrons. The highest BCUT2D eigenvalue weighted by Gasteiger charge is 2.05. The number of pyridine rings is 2. The molecule has 2 rings (SSSR count). The van der Waals surface area contributed by atoms with Crippen LogP contribution in [0, 0.1) is 0 Å². The van der Waals surface area contributed by atoms with Crippen LogP contribution in [0.4, 0.5) is 0 Å². The molecule has 0 bridgehead atoms. The minimum Gasteiger partial charge on any atom is -0.310 e. The van der Waals surface area contributed by atoms with Crippen LogP contribution >= 0.6 is 11.8 Å². The van der Waals surface area contributed by atoms with Crippen molar-refractivity contribution in [3.05, 3.63) is 48.3 Å². The Kier molecular flexibility index (Phi) is 4.73. The van der Waals surface area contributed by atoms with Crippen LogP contribution in [-0.4, -0.2) is 16.5 Å². The Bertz CT molecular complexity index is 470. The van der Waals surface area contributed by atoms with E-state index in [0.717, 1.165) is 16.6 Å². The van der Waals surface area contributed by atoms with Crippen LogP contribution in [0.1, 0.15) is 25.5 Å². The van der Waals surface area contributed by atoms with E-state index in [4.69, 9.17) is 0 Å². The fourth-order valence-corrected chi connectivity index (χ4v) is 2.36. The lowest BCUT2D eigenvalue weighted by molar-refractivity contribution is 0.595. The zero-order valence-electron chi connectivity index (χ0n) is 10.6. The molecule has 1 N–H and O–H groups in total. The normalized spacial score (nSPS) is 12.3. The summed E-state index contributed by atoms with van der Waals surface area (Å²) in [6, 6.07) is 10.4. The van der Waals surface area contributed by atoms with Crippen molar-refractivity contribution in [3.8, 4) is 0 Å². The molecule has 3 nitrogen and oxygen atoms in total. The Morgan fingerprint density at radius 1 is 1.17 bits per heavy atom. The van der Waals surface area contributed by atoms with E-state index in [0.29, 0.717) is 6.04 Å². The Morgan fingerprint density at radius 3 is 2.61 bits per heavy atom. The molecule has 0 aliphatic carbocycles. The van der Waals surface area contributed by atoms with Gasteiger partial charge in [-0.25, -0.2) is 9.97 Å². The number of nitrogens with one attached hydrogen (secondary N) is 1. The van der Waals surface area contributed by atoms with Crippen molar-refractivity contribution in [2.24, 2.45) is 0 Å². The molecule has 0 fully saturated rings. The Hall–Kier alpha value is -1.39. The van der Waals surface area contributed by atoms with Gasteiger partial charge in [0.2, 0.25) is 0 Å². The summed E-state index contributed by atoms with van der Waals surface area (Å²) in [6.07, 6.45) is 3.72. The maximum atomic E-state index is 4.46. The lowest BCUT2D eigenvalue weighted by atomic mass is 10.1. The molecule has 2 heterocycles. The lowest BCUT2D eigenvalue weighted by Crippen LogP contribution is -2.17. The van der Waals surface area contributed by atoms with Gasteiger partial charge in [0.1, 0.15) is 10.1 Å². The number of nitrogens with zero attached hydrogens (tertiary/aromatic N) is 2. The average molecular weight is 259 g/mol. The third kappa shape index (κ3) is 3.55. The molecule has 0 spiro atoms. The second-order valence-electron chi connectivity index (χ2n) is 3.98. The smallest absolute Gasteiger partial charge is 0.102 e. The van der Waals surface area contributed by atoms with Gasteiger partial charge in [-0.1, -0.05) is 30.8 Å². The Morgan fingerprint density at radius 2 is 2.00 bits per heavy atom. The van der Waals surface area contributed by atoms with Crippen molar-refractivity contribution < 1.29 is 0 Å². The van der Waals surface area contributed by atoms with E-state index in [2.05, 4.69) is 35.2 Å². The second-order valence-corrected chi connectivity index (χ2v) is 5.02. The molecule has 0 saturated heterocycles. The first-order chi connectivity index (χ1) is 8.79. The van der Waals surface area contributed by atoms with Crippen molar-refractivity contribution in [3.63, 3.8) is 0 Å². The first-order valence-electron chi connectivity index (χ1n) is 6.08. The Balaban J connectivity index is 2.04. The molecule has 18 heavy (non-hydrogen) atoms. The standard InChI is InChI=1S/C14H17N3S/c1-3-15-11(2)12-7-8-14(17-10-12)18-13-6-4-5-9-16-13/h4-11,15H,3H2,1-2H3. The van der Waals surface area contributed by atoms with E-state index in [1.165, 1.54) is 5.56 Å². The molecule has 0 saturated carbocycles. The van der Waals surface area contributed by atoms with Crippen molar-refractivity contribution in [1.82, 2.24) is 15.3 Å². The van der Waals surface area contributed by atoms with Gasteiger partial charge >= 0.3 is 0 Å². The SMILES string of the molecule is CCNC(C)c1ccc(Sc2ccccn2)nc1. The summed E-state index contributed by atoms with van der Waals surface area (Å²) in [5, 5.41) is 5.31. The second kappa shape index (κ2) is 6.52. The average Bonchev–Trinajstić information content (AvgIpc) is 2.41. The fourth-order valence-electron chi connectivity index (χ4n) is 1.65. The van der Waals surface area contributed by atoms with Gasteiger partial charge in [0.05, 0.1) is 0 Å². The van der Waals surface area contributed by atoms with Gasteiger partial charge in [-0.2, -0.15) is 0 Å². The van der Waals surface area contributed by atoms with Crippen LogP contribution in [0.3, 0.4) is 0 Å². The third-order valence-electron chi connectivity index (χ3n) is 2.62. The molecule has 0 amide bonds. The molecular weight excluding hydrogens is 242 g/mol. The van der Waals surface area contributed by atoms with E-state index in [9.17, 15) is 0 Å². The summed E-state index contributed by atoms with van der Waals surface area (Å²) in [5.41, 5.74) is 1.21. The van der Waals surface area contributed by atoms with Crippen LogP contribution in [0.25, 0.3) is 0 Å². The monoisotopic (exact) mass is 259 g/mol. The highest BCUT2D eigenvalue weighted by Crippen LogP contribution is 2.24. The van der Waals surface area contributed by atoms with Gasteiger partial charge in [0.25, 0.3) is 0 Å². The van der Waals surface area contributed by atoms with E-state index in [1.807, 2.05) is 30.5 Å². The molecule has 0 aliphatic heterocycles. The summed E-state index contributed by atoms with van der Waals surface area (Å²) in [7, 11) is 0. The molecule has 2 aromatic rings. The minimum atomic E-state index is 0.344. The molecule has 0 radical (unpaired) electrons. The van der Waals surface area contributed by atoms with Crippen molar-refractivity contribution in [2.75, 3.05) is 6.54 Å². The van der Waals surface area contributed by atoms with Crippen LogP contribution in [0.5, 0.6) is 0 Å². The highest BCUT2D eigenvalue weighted by molar-refractivity contribution is 7.99. The summed E-state index contributed by atoms with van der Waals surface area (Å²) in [4.78, 5) is 8.73. The predicted molar refractivity (Wildman–Crippen MR) is 74.7 cm³/mol. The molecule has 0 aromatic carbocycles. The van der Waals surface area contributed by atoms with Gasteiger partial charge < -0.3 is 5.32 Å². The predicted octanol–water partition coefficient (Wildman–Crippen LogP) is 3.30. The topological polar surface area (TPSA) is 37.8 Å². The summed E-state index contributed by atoms with van der Waals surface area (Å²) >= 11 is 1.58. The molecule has 1 unspecified atom stereocenters. The van der Waals surface area contributed by atoms with Gasteiger partial charge in [0, 0.05) is 18.4 Å². The quantitative estimate of drug-likeness (QED) is 0.894. The summed E-state index contributed by atoms with van der Waals surface area (Å²) in [6.45, 7) is 5.22. The van der Waals surface area contributed by atoms with Crippen LogP contribution in [-0.2, 0) is 0 Å². The maximum Gasteiger partial charge on any atom is 0.102 e. The maximum absolute atomic E-state index is 4.46. The number of hydrogen-bond acceptors (Lipinski definition) is 4. The number of hydrogen-bond donors (Lipinski definition) is 1. The number of rotatable bonds is 5. The van der Waals surface area contributed by atoms with Crippen LogP contribution in [0.15, 0.2) is 52.8 Å². The van der Waals surface area contributed by atoms with E-state index in [1.54, 1.807) is 18.0 Å². The first kappa shape index (κ1) is 13.1. The van der Waals surface area contributed by atoms with E-state index < -0.39 is 0 Å². The van der Waals surface area contributed by atoms with Gasteiger partial charge in [-0.3, -0.25) is 0 Å². The van der Waals surface area contributed by atoms with E-state index in [-0.39, 0.29) is 0 Å². The Labute approximate surface area is 112 Å². The zero-order chi connectivity index (χ0) is 12.8. The molecule has 4 heteroatoms. The van der Waals surface area contributed by atoms with Crippen molar-refractivity contribution in [1.29, 1.82) is 0 Å². The molecule has 0 aliphatic rings. The fraction of sp³-hybridized carbons (Fsp3) is 0.286. The summed E-state index contributed by atoms with van der Waals surface area (Å²) < 4.78 is 0. The summed E-state index contributed by atoms with van der Waals surface area (Å²) in [5.74, 6) is 0. The van der Waals surface area contributed by atoms with Crippen molar-refractivity contribution >= 4 is 11.8 Å². The van der Waals surface area contributed by atoms with Crippen molar-refractivity contribution in [2.45, 2.75) is 29.9 Å². The third-order valence-corrected chi connectivity index (χ3v) is 3.52. The number of aromatic nitrogens is 2. The minimum absolute atomic E-state index is 0.344. The molecular formula is C14H17N3S. The van der Waals surface area contributed by atoms with Gasteiger partial charge in [-0.15, -0.1) is 0 Å². The largest absolute Gasteiger partial charge is 0.310 e. The van der Waals surface area contributed by atoms with Crippen LogP contribution < -0.4 is 5.32 Å². The van der Waals surface area contributed by atoms with Gasteiger partial charge in [0.15, 0.2) is 0 Å². The first-order valence-corrected chi connectivity index (χ1v) is 6.89. The van der Waals surface area contributed by atoms with Crippen LogP contribution in [0.2, 0.25) is 0 Å². The van der Waals surface area contributed by atoms with E-state index >= 15 is 0 Å². The molecule has 1 atom stereocenters. The zero-order valence-corrected chi connectivity index (χ0v) is 11.4. The molecule has 2 aromatic heterocycles. The lowest BCUT2D eigenvalue weighted by Gasteiger charge is -2.12. The highest BCUT2D eigenvalue weighted by atomic mass is 32.2.